The average molecular weight is 320 g/mol. The van der Waals surface area contributed by atoms with Crippen molar-refractivity contribution in [2.45, 2.75) is 17.2 Å². The van der Waals surface area contributed by atoms with Gasteiger partial charge in [-0.15, -0.1) is 11.3 Å². The summed E-state index contributed by atoms with van der Waals surface area (Å²) >= 11 is 3.01. The molecule has 0 bridgehead atoms. The molecule has 9 heteroatoms. The first-order valence-corrected chi connectivity index (χ1v) is 9.30. The molecule has 1 atom stereocenters. The number of fused-ring (bicyclic) bond motifs is 1. The molecular weight excluding hydrogens is 304 g/mol. The van der Waals surface area contributed by atoms with Crippen LogP contribution in [0.3, 0.4) is 0 Å². The van der Waals surface area contributed by atoms with E-state index < -0.39 is 10.0 Å². The van der Waals surface area contributed by atoms with Gasteiger partial charge < -0.3 is 5.32 Å². The Bertz CT molecular complexity index is 661. The van der Waals surface area contributed by atoms with Crippen molar-refractivity contribution in [3.05, 3.63) is 11.6 Å². The average Bonchev–Trinajstić information content (AvgIpc) is 2.94. The van der Waals surface area contributed by atoms with Gasteiger partial charge in [0.1, 0.15) is 0 Å². The van der Waals surface area contributed by atoms with Gasteiger partial charge in [0, 0.05) is 30.4 Å². The molecule has 2 rings (SSSR count). The summed E-state index contributed by atoms with van der Waals surface area (Å²) in [4.78, 5) is 4.91. The van der Waals surface area contributed by atoms with E-state index in [1.54, 1.807) is 29.4 Å². The number of hydrogen-bond acceptors (Lipinski definition) is 6. The van der Waals surface area contributed by atoms with Crippen molar-refractivity contribution in [1.82, 2.24) is 14.1 Å². The van der Waals surface area contributed by atoms with E-state index in [2.05, 4.69) is 15.0 Å². The van der Waals surface area contributed by atoms with Crippen molar-refractivity contribution < 1.29 is 8.42 Å². The third-order valence-corrected chi connectivity index (χ3v) is 5.85. The number of nitrogens with zero attached hydrogens (tertiary/aromatic N) is 2. The third-order valence-electron chi connectivity index (χ3n) is 2.67. The van der Waals surface area contributed by atoms with Crippen LogP contribution in [-0.2, 0) is 10.0 Å². The molecule has 106 valence electrons. The summed E-state index contributed by atoms with van der Waals surface area (Å²) in [6.07, 6.45) is 3.66. The Morgan fingerprint density at radius 3 is 2.95 bits per heavy atom. The fourth-order valence-corrected chi connectivity index (χ4v) is 4.11. The van der Waals surface area contributed by atoms with Crippen molar-refractivity contribution in [2.75, 3.05) is 25.2 Å². The SMILES string of the molecule is CNc1nc2sccn2c1S(=O)(=O)NCC(C)SC. The molecule has 6 nitrogen and oxygen atoms in total. The normalized spacial score (nSPS) is 13.8. The van der Waals surface area contributed by atoms with Gasteiger partial charge in [0.15, 0.2) is 15.8 Å². The number of aromatic nitrogens is 2. The minimum atomic E-state index is -3.58. The van der Waals surface area contributed by atoms with Crippen molar-refractivity contribution in [1.29, 1.82) is 0 Å². The topological polar surface area (TPSA) is 75.5 Å². The molecule has 0 spiro atoms. The fourth-order valence-electron chi connectivity index (χ4n) is 1.56. The van der Waals surface area contributed by atoms with Crippen LogP contribution in [0.25, 0.3) is 4.96 Å². The zero-order valence-electron chi connectivity index (χ0n) is 10.9. The van der Waals surface area contributed by atoms with Crippen LogP contribution < -0.4 is 10.0 Å². The van der Waals surface area contributed by atoms with Gasteiger partial charge in [-0.1, -0.05) is 6.92 Å². The second-order valence-corrected chi connectivity index (χ2v) is 7.80. The van der Waals surface area contributed by atoms with Gasteiger partial charge >= 0.3 is 0 Å². The smallest absolute Gasteiger partial charge is 0.260 e. The first-order chi connectivity index (χ1) is 8.99. The summed E-state index contributed by atoms with van der Waals surface area (Å²) in [5.74, 6) is 0.371. The first-order valence-electron chi connectivity index (χ1n) is 5.65. The lowest BCUT2D eigenvalue weighted by Crippen LogP contribution is -2.30. The number of hydrogen-bond donors (Lipinski definition) is 2. The maximum absolute atomic E-state index is 12.4. The number of nitrogens with one attached hydrogen (secondary N) is 2. The predicted octanol–water partition coefficient (Wildman–Crippen LogP) is 1.47. The second kappa shape index (κ2) is 5.70. The van der Waals surface area contributed by atoms with Crippen molar-refractivity contribution >= 4 is 43.9 Å². The standard InChI is InChI=1S/C10H16N4O2S3/c1-7(17-3)6-12-19(15,16)9-8(11-2)13-10-14(9)4-5-18-10/h4-5,7,11-12H,6H2,1-3H3. The monoisotopic (exact) mass is 320 g/mol. The molecule has 0 aromatic carbocycles. The third kappa shape index (κ3) is 2.88. The number of sulfonamides is 1. The lowest BCUT2D eigenvalue weighted by Gasteiger charge is -2.11. The van der Waals surface area contributed by atoms with Crippen molar-refractivity contribution in [2.24, 2.45) is 0 Å². The summed E-state index contributed by atoms with van der Waals surface area (Å²) in [6.45, 7) is 2.37. The van der Waals surface area contributed by atoms with Gasteiger partial charge in [-0.25, -0.2) is 18.1 Å². The van der Waals surface area contributed by atoms with Gasteiger partial charge in [-0.3, -0.25) is 4.40 Å². The number of thiazole rings is 1. The molecule has 0 saturated carbocycles. The van der Waals surface area contributed by atoms with E-state index in [1.165, 1.54) is 11.3 Å². The lowest BCUT2D eigenvalue weighted by atomic mass is 10.5. The minimum Gasteiger partial charge on any atom is -0.371 e. The summed E-state index contributed by atoms with van der Waals surface area (Å²) in [7, 11) is -1.92. The quantitative estimate of drug-likeness (QED) is 0.843. The molecule has 2 aromatic heterocycles. The molecule has 0 aliphatic rings. The number of rotatable bonds is 6. The highest BCUT2D eigenvalue weighted by atomic mass is 32.2. The van der Waals surface area contributed by atoms with E-state index >= 15 is 0 Å². The van der Waals surface area contributed by atoms with E-state index in [4.69, 9.17) is 0 Å². The molecule has 0 saturated heterocycles. The Hall–Kier alpha value is -0.770. The van der Waals surface area contributed by atoms with Gasteiger partial charge in [-0.2, -0.15) is 11.8 Å². The Morgan fingerprint density at radius 1 is 1.58 bits per heavy atom. The van der Waals surface area contributed by atoms with Crippen LogP contribution in [-0.4, -0.2) is 42.9 Å². The molecule has 0 radical (unpaired) electrons. The van der Waals surface area contributed by atoms with Gasteiger partial charge in [0.05, 0.1) is 0 Å². The van der Waals surface area contributed by atoms with Crippen LogP contribution in [0.2, 0.25) is 0 Å². The molecule has 0 aliphatic heterocycles. The molecule has 1 unspecified atom stereocenters. The number of imidazole rings is 1. The summed E-state index contributed by atoms with van der Waals surface area (Å²) in [5.41, 5.74) is 0. The Balaban J connectivity index is 2.38. The highest BCUT2D eigenvalue weighted by Gasteiger charge is 2.25. The van der Waals surface area contributed by atoms with Gasteiger partial charge in [0.2, 0.25) is 0 Å². The Labute approximate surface area is 120 Å². The van der Waals surface area contributed by atoms with Gasteiger partial charge in [0.25, 0.3) is 10.0 Å². The Morgan fingerprint density at radius 2 is 2.32 bits per heavy atom. The molecule has 2 N–H and O–H groups in total. The summed E-state index contributed by atoms with van der Waals surface area (Å²) in [5, 5.41) is 5.03. The zero-order valence-corrected chi connectivity index (χ0v) is 13.3. The van der Waals surface area contributed by atoms with Gasteiger partial charge in [-0.05, 0) is 6.26 Å². The van der Waals surface area contributed by atoms with Crippen LogP contribution in [0.5, 0.6) is 0 Å². The summed E-state index contributed by atoms with van der Waals surface area (Å²) < 4.78 is 29.0. The van der Waals surface area contributed by atoms with Crippen LogP contribution in [0, 0.1) is 0 Å². The van der Waals surface area contributed by atoms with Crippen LogP contribution in [0.15, 0.2) is 16.6 Å². The molecule has 19 heavy (non-hydrogen) atoms. The molecular formula is C10H16N4O2S3. The van der Waals surface area contributed by atoms with E-state index in [0.717, 1.165) is 0 Å². The number of anilines is 1. The molecule has 0 aliphatic carbocycles. The molecule has 0 fully saturated rings. The van der Waals surface area contributed by atoms with Crippen LogP contribution >= 0.6 is 23.1 Å². The van der Waals surface area contributed by atoms with Crippen LogP contribution in [0.4, 0.5) is 5.82 Å². The second-order valence-electron chi connectivity index (χ2n) is 3.97. The van der Waals surface area contributed by atoms with E-state index in [9.17, 15) is 8.42 Å². The minimum absolute atomic E-state index is 0.166. The predicted molar refractivity (Wildman–Crippen MR) is 80.8 cm³/mol. The van der Waals surface area contributed by atoms with E-state index in [0.29, 0.717) is 17.3 Å². The van der Waals surface area contributed by atoms with E-state index in [-0.39, 0.29) is 10.3 Å². The van der Waals surface area contributed by atoms with Crippen LogP contribution in [0.1, 0.15) is 6.92 Å². The van der Waals surface area contributed by atoms with Crippen molar-refractivity contribution in [3.8, 4) is 0 Å². The molecule has 2 heterocycles. The molecule has 0 amide bonds. The fraction of sp³-hybridized carbons (Fsp3) is 0.500. The maximum Gasteiger partial charge on any atom is 0.260 e. The summed E-state index contributed by atoms with van der Waals surface area (Å²) in [6, 6.07) is 0. The molecule has 2 aromatic rings. The lowest BCUT2D eigenvalue weighted by molar-refractivity contribution is 0.577. The van der Waals surface area contributed by atoms with Crippen molar-refractivity contribution in [3.63, 3.8) is 0 Å². The largest absolute Gasteiger partial charge is 0.371 e. The highest BCUT2D eigenvalue weighted by Crippen LogP contribution is 2.25. The number of thioether (sulfide) groups is 1. The zero-order chi connectivity index (χ0) is 14.0. The maximum atomic E-state index is 12.4. The highest BCUT2D eigenvalue weighted by molar-refractivity contribution is 7.99. The van der Waals surface area contributed by atoms with E-state index in [1.807, 2.05) is 18.6 Å². The Kier molecular flexibility index (Phi) is 4.39. The first kappa shape index (κ1) is 14.6.